The van der Waals surface area contributed by atoms with Gasteiger partial charge in [0, 0.05) is 18.1 Å². The van der Waals surface area contributed by atoms with Gasteiger partial charge < -0.3 is 4.90 Å². The maximum absolute atomic E-state index is 9.07. The summed E-state index contributed by atoms with van der Waals surface area (Å²) in [5.74, 6) is -0.398. The number of nitrogens with zero attached hydrogens (tertiary/aromatic N) is 1. The minimum atomic E-state index is -0.398. The van der Waals surface area contributed by atoms with E-state index in [0.29, 0.717) is 0 Å². The zero-order valence-corrected chi connectivity index (χ0v) is 18.2. The van der Waals surface area contributed by atoms with Gasteiger partial charge in [0.05, 0.1) is 0 Å². The van der Waals surface area contributed by atoms with Crippen LogP contribution in [-0.2, 0) is 5.41 Å². The molecule has 0 bridgehead atoms. The van der Waals surface area contributed by atoms with E-state index in [0.717, 1.165) is 12.8 Å². The Morgan fingerprint density at radius 3 is 1.80 bits per heavy atom. The van der Waals surface area contributed by atoms with Gasteiger partial charge in [-0.1, -0.05) is 52.2 Å². The van der Waals surface area contributed by atoms with Crippen molar-refractivity contribution in [3.63, 3.8) is 0 Å². The Hall–Kier alpha value is -0.980. The molecule has 25 heavy (non-hydrogen) atoms. The molecule has 2 rings (SSSR count). The zero-order valence-electron chi connectivity index (χ0n) is 19.2. The van der Waals surface area contributed by atoms with Gasteiger partial charge in [-0.25, -0.2) is 0 Å². The average molecular weight is 345 g/mol. The molecule has 1 fully saturated rings. The lowest BCUT2D eigenvalue weighted by atomic mass is 9.78. The van der Waals surface area contributed by atoms with Crippen LogP contribution in [-0.4, -0.2) is 11.1 Å². The fourth-order valence-electron chi connectivity index (χ4n) is 4.55. The minimum absolute atomic E-state index is 0.0310. The predicted molar refractivity (Wildman–Crippen MR) is 113 cm³/mol. The van der Waals surface area contributed by atoms with Crippen LogP contribution in [0.1, 0.15) is 113 Å². The Kier molecular flexibility index (Phi) is 5.24. The van der Waals surface area contributed by atoms with Gasteiger partial charge in [0.2, 0.25) is 0 Å². The Bertz CT molecular complexity index is 605. The molecule has 142 valence electrons. The molecule has 0 spiro atoms. The highest BCUT2D eigenvalue weighted by Crippen LogP contribution is 2.42. The quantitative estimate of drug-likeness (QED) is 0.539. The maximum atomic E-state index is 9.07. The molecule has 1 aromatic rings. The summed E-state index contributed by atoms with van der Waals surface area (Å²) >= 11 is 0. The number of hydrogen-bond donors (Lipinski definition) is 0. The standard InChI is InChI=1S/C24H41N/c1-22(2,3)20-17-19(18-13-11-10-12-14-18)15-16-21(20)25(23(4,5)6)24(7,8)9/h15-18H,10-14H2,1-9H3/i18D. The van der Waals surface area contributed by atoms with Crippen LogP contribution in [0.25, 0.3) is 0 Å². The molecule has 0 heterocycles. The molecule has 0 amide bonds. The predicted octanol–water partition coefficient (Wildman–Crippen LogP) is 7.44. The summed E-state index contributed by atoms with van der Waals surface area (Å²) in [4.78, 5) is 2.56. The van der Waals surface area contributed by atoms with Gasteiger partial charge >= 0.3 is 0 Å². The number of hydrogen-bond acceptors (Lipinski definition) is 1. The lowest BCUT2D eigenvalue weighted by Gasteiger charge is -2.49. The van der Waals surface area contributed by atoms with E-state index in [-0.39, 0.29) is 16.5 Å². The van der Waals surface area contributed by atoms with Crippen LogP contribution in [0.5, 0.6) is 0 Å². The van der Waals surface area contributed by atoms with E-state index in [1.165, 1.54) is 36.1 Å². The van der Waals surface area contributed by atoms with Gasteiger partial charge in [-0.3, -0.25) is 0 Å². The number of rotatable bonds is 2. The van der Waals surface area contributed by atoms with E-state index in [9.17, 15) is 0 Å². The summed E-state index contributed by atoms with van der Waals surface area (Å²) in [6, 6.07) is 6.91. The largest absolute Gasteiger partial charge is 0.362 e. The molecule has 1 heteroatoms. The Morgan fingerprint density at radius 2 is 1.36 bits per heavy atom. The van der Waals surface area contributed by atoms with Crippen molar-refractivity contribution in [3.05, 3.63) is 29.3 Å². The molecule has 0 radical (unpaired) electrons. The summed E-state index contributed by atoms with van der Waals surface area (Å²) in [5.41, 5.74) is 4.02. The monoisotopic (exact) mass is 344 g/mol. The van der Waals surface area contributed by atoms with Crippen LogP contribution < -0.4 is 4.90 Å². The Labute approximate surface area is 158 Å². The highest BCUT2D eigenvalue weighted by molar-refractivity contribution is 5.61. The molecule has 0 N–H and O–H groups in total. The van der Waals surface area contributed by atoms with Crippen LogP contribution in [0.15, 0.2) is 18.2 Å². The van der Waals surface area contributed by atoms with Crippen molar-refractivity contribution < 1.29 is 1.37 Å². The van der Waals surface area contributed by atoms with Gasteiger partial charge in [0.1, 0.15) is 0 Å². The molecule has 0 saturated heterocycles. The number of benzene rings is 1. The van der Waals surface area contributed by atoms with Gasteiger partial charge in [-0.2, -0.15) is 0 Å². The highest BCUT2D eigenvalue weighted by Gasteiger charge is 2.35. The van der Waals surface area contributed by atoms with Gasteiger partial charge in [-0.05, 0) is 82.9 Å². The topological polar surface area (TPSA) is 3.24 Å². The summed E-state index contributed by atoms with van der Waals surface area (Å²) in [5, 5.41) is 0. The molecule has 1 saturated carbocycles. The third-order valence-corrected chi connectivity index (χ3v) is 5.25. The fourth-order valence-corrected chi connectivity index (χ4v) is 4.55. The molecule has 1 aromatic carbocycles. The van der Waals surface area contributed by atoms with Crippen LogP contribution in [0.3, 0.4) is 0 Å². The normalized spacial score (nSPS) is 19.5. The molecule has 0 aliphatic heterocycles. The molecule has 1 aliphatic carbocycles. The minimum Gasteiger partial charge on any atom is -0.362 e. The molecule has 1 nitrogen and oxygen atoms in total. The first-order chi connectivity index (χ1) is 11.7. The van der Waals surface area contributed by atoms with E-state index < -0.39 is 5.89 Å². The maximum Gasteiger partial charge on any atom is 0.0413 e. The van der Waals surface area contributed by atoms with Gasteiger partial charge in [0.25, 0.3) is 0 Å². The van der Waals surface area contributed by atoms with Crippen LogP contribution in [0, 0.1) is 0 Å². The third kappa shape index (κ3) is 4.80. The van der Waals surface area contributed by atoms with Crippen molar-refractivity contribution in [2.24, 2.45) is 0 Å². The van der Waals surface area contributed by atoms with Crippen molar-refractivity contribution in [2.75, 3.05) is 4.90 Å². The van der Waals surface area contributed by atoms with Crippen LogP contribution in [0.4, 0.5) is 5.69 Å². The lowest BCUT2D eigenvalue weighted by molar-refractivity contribution is 0.377. The molecule has 0 atom stereocenters. The van der Waals surface area contributed by atoms with E-state index in [1.807, 2.05) is 0 Å². The molecule has 0 unspecified atom stereocenters. The van der Waals surface area contributed by atoms with Gasteiger partial charge in [-0.15, -0.1) is 0 Å². The third-order valence-electron chi connectivity index (χ3n) is 5.25. The Morgan fingerprint density at radius 1 is 0.840 bits per heavy atom. The van der Waals surface area contributed by atoms with E-state index in [1.54, 1.807) is 0 Å². The molecule has 1 aliphatic rings. The summed E-state index contributed by atoms with van der Waals surface area (Å²) in [7, 11) is 0. The van der Waals surface area contributed by atoms with Crippen molar-refractivity contribution in [1.29, 1.82) is 0 Å². The fraction of sp³-hybridized carbons (Fsp3) is 0.750. The lowest BCUT2D eigenvalue weighted by Crippen LogP contribution is -2.53. The van der Waals surface area contributed by atoms with Crippen LogP contribution in [0.2, 0.25) is 0 Å². The van der Waals surface area contributed by atoms with Gasteiger partial charge in [0.15, 0.2) is 0 Å². The smallest absolute Gasteiger partial charge is 0.0413 e. The molecule has 0 aromatic heterocycles. The van der Waals surface area contributed by atoms with Crippen molar-refractivity contribution in [3.8, 4) is 0 Å². The number of anilines is 1. The molecular formula is C24H41N. The second-order valence-corrected chi connectivity index (χ2v) is 10.8. The highest BCUT2D eigenvalue weighted by atomic mass is 15.2. The second kappa shape index (κ2) is 6.97. The van der Waals surface area contributed by atoms with Crippen LogP contribution >= 0.6 is 0 Å². The summed E-state index contributed by atoms with van der Waals surface area (Å²) in [6.45, 7) is 20.7. The average Bonchev–Trinajstić information content (AvgIpc) is 2.44. The van der Waals surface area contributed by atoms with E-state index in [4.69, 9.17) is 1.37 Å². The second-order valence-electron chi connectivity index (χ2n) is 10.8. The first-order valence-electron chi connectivity index (χ1n) is 10.6. The first kappa shape index (κ1) is 18.8. The first-order valence-corrected chi connectivity index (χ1v) is 10.1. The zero-order chi connectivity index (χ0) is 20.0. The van der Waals surface area contributed by atoms with E-state index >= 15 is 0 Å². The summed E-state index contributed by atoms with van der Waals surface area (Å²) in [6.07, 6.45) is 5.65. The van der Waals surface area contributed by atoms with Crippen molar-refractivity contribution in [1.82, 2.24) is 0 Å². The Balaban J connectivity index is 2.64. The SMILES string of the molecule is [2H]C1(c2ccc(N(C(C)(C)C)C(C)(C)C)c(C(C)(C)C)c2)CCCCC1. The summed E-state index contributed by atoms with van der Waals surface area (Å²) < 4.78 is 9.07. The van der Waals surface area contributed by atoms with Crippen molar-refractivity contribution >= 4 is 5.69 Å². The van der Waals surface area contributed by atoms with Crippen molar-refractivity contribution in [2.45, 2.75) is 117 Å². The van der Waals surface area contributed by atoms with E-state index in [2.05, 4.69) is 85.4 Å². The molecular weight excluding hydrogens is 302 g/mol.